The molecule has 11 heavy (non-hydrogen) atoms. The molecule has 0 bridgehead atoms. The summed E-state index contributed by atoms with van der Waals surface area (Å²) in [6.45, 7) is 0.465. The number of carboxylic acids is 1. The number of aliphatic carboxylic acids is 1. The first-order valence-electron chi connectivity index (χ1n) is 3.51. The van der Waals surface area contributed by atoms with Gasteiger partial charge in [-0.2, -0.15) is 0 Å². The largest absolute Gasteiger partial charge is 0.481 e. The Labute approximate surface area is 66.6 Å². The molecule has 4 heteroatoms. The lowest BCUT2D eigenvalue weighted by Crippen LogP contribution is -2.42. The van der Waals surface area contributed by atoms with E-state index in [4.69, 9.17) is 10.2 Å². The Bertz CT molecular complexity index is 139. The standard InChI is InChI=1S/C7H15NO3/c1-8(2,3)5-6(9)4-7(10)11/h6,9H,4-5H2,1-3H3/p+1/t6-/m1/s1/i7+1. The Hall–Kier alpha value is -0.610. The molecule has 0 saturated heterocycles. The molecule has 0 aromatic rings. The summed E-state index contributed by atoms with van der Waals surface area (Å²) in [7, 11) is 5.72. The number of carboxylic acid groups (broad SMARTS) is 1. The van der Waals surface area contributed by atoms with Crippen molar-refractivity contribution in [3.63, 3.8) is 0 Å². The molecular formula is C7H16NO3+. The Morgan fingerprint density at radius 2 is 1.91 bits per heavy atom. The molecule has 0 heterocycles. The van der Waals surface area contributed by atoms with Crippen LogP contribution in [-0.2, 0) is 4.79 Å². The van der Waals surface area contributed by atoms with E-state index in [2.05, 4.69) is 0 Å². The van der Waals surface area contributed by atoms with Crippen molar-refractivity contribution in [2.75, 3.05) is 27.7 Å². The first-order valence-corrected chi connectivity index (χ1v) is 3.51. The average molecular weight is 163 g/mol. The number of carbonyl (C=O) groups is 1. The summed E-state index contributed by atoms with van der Waals surface area (Å²) in [4.78, 5) is 10.1. The first kappa shape index (κ1) is 10.4. The van der Waals surface area contributed by atoms with E-state index >= 15 is 0 Å². The molecule has 0 saturated carbocycles. The van der Waals surface area contributed by atoms with E-state index < -0.39 is 12.1 Å². The second-order valence-electron chi connectivity index (χ2n) is 3.72. The predicted molar refractivity (Wildman–Crippen MR) is 41.2 cm³/mol. The summed E-state index contributed by atoms with van der Waals surface area (Å²) in [6, 6.07) is 0. The predicted octanol–water partition coefficient (Wildman–Crippen LogP) is -0.472. The van der Waals surface area contributed by atoms with Gasteiger partial charge in [-0.05, 0) is 0 Å². The average Bonchev–Trinajstić information content (AvgIpc) is 1.53. The number of hydrogen-bond acceptors (Lipinski definition) is 2. The van der Waals surface area contributed by atoms with Gasteiger partial charge in [-0.3, -0.25) is 4.79 Å². The molecule has 0 aliphatic rings. The maximum absolute atomic E-state index is 10.1. The summed E-state index contributed by atoms with van der Waals surface area (Å²) in [6.07, 6.45) is -0.914. The molecule has 0 rings (SSSR count). The molecule has 0 aromatic heterocycles. The Balaban J connectivity index is 3.69. The molecule has 1 atom stereocenters. The topological polar surface area (TPSA) is 57.5 Å². The highest BCUT2D eigenvalue weighted by atomic mass is 16.5. The van der Waals surface area contributed by atoms with Crippen LogP contribution in [0.1, 0.15) is 6.42 Å². The molecular weight excluding hydrogens is 147 g/mol. The van der Waals surface area contributed by atoms with Crippen molar-refractivity contribution < 1.29 is 19.5 Å². The number of likely N-dealkylation sites (N-methyl/N-ethyl adjacent to an activating group) is 1. The number of hydrogen-bond donors (Lipinski definition) is 2. The van der Waals surface area contributed by atoms with Crippen molar-refractivity contribution in [3.8, 4) is 0 Å². The zero-order valence-electron chi connectivity index (χ0n) is 7.24. The number of aliphatic hydroxyl groups excluding tert-OH is 1. The molecule has 0 spiro atoms. The van der Waals surface area contributed by atoms with E-state index in [0.717, 1.165) is 0 Å². The van der Waals surface area contributed by atoms with Crippen molar-refractivity contribution in [2.45, 2.75) is 12.5 Å². The van der Waals surface area contributed by atoms with E-state index in [1.54, 1.807) is 0 Å². The second-order valence-corrected chi connectivity index (χ2v) is 3.72. The molecule has 2 N–H and O–H groups in total. The lowest BCUT2D eigenvalue weighted by molar-refractivity contribution is -0.873. The molecule has 4 nitrogen and oxygen atoms in total. The Morgan fingerprint density at radius 3 is 2.18 bits per heavy atom. The molecule has 0 radical (unpaired) electrons. The minimum atomic E-state index is -0.953. The summed E-state index contributed by atoms with van der Waals surface area (Å²) in [5, 5.41) is 17.5. The molecule has 0 unspecified atom stereocenters. The number of aliphatic hydroxyl groups is 1. The fourth-order valence-electron chi connectivity index (χ4n) is 0.898. The zero-order valence-corrected chi connectivity index (χ0v) is 7.24. The van der Waals surface area contributed by atoms with Gasteiger partial charge in [0.25, 0.3) is 0 Å². The third kappa shape index (κ3) is 7.29. The maximum atomic E-state index is 10.1. The van der Waals surface area contributed by atoms with Gasteiger partial charge in [-0.1, -0.05) is 0 Å². The smallest absolute Gasteiger partial charge is 0.306 e. The number of quaternary nitrogens is 1. The minimum absolute atomic E-state index is 0.171. The van der Waals surface area contributed by atoms with Gasteiger partial charge in [0.1, 0.15) is 12.6 Å². The minimum Gasteiger partial charge on any atom is -0.481 e. The van der Waals surface area contributed by atoms with Gasteiger partial charge >= 0.3 is 5.97 Å². The van der Waals surface area contributed by atoms with Gasteiger partial charge in [0, 0.05) is 0 Å². The molecule has 0 aromatic carbocycles. The third-order valence-electron chi connectivity index (χ3n) is 1.17. The fourth-order valence-corrected chi connectivity index (χ4v) is 0.898. The van der Waals surface area contributed by atoms with Crippen LogP contribution in [0.2, 0.25) is 0 Å². The van der Waals surface area contributed by atoms with Gasteiger partial charge in [0.2, 0.25) is 0 Å². The maximum Gasteiger partial charge on any atom is 0.306 e. The van der Waals surface area contributed by atoms with Crippen LogP contribution in [0.3, 0.4) is 0 Å². The van der Waals surface area contributed by atoms with Crippen LogP contribution in [0.5, 0.6) is 0 Å². The molecule has 0 amide bonds. The van der Waals surface area contributed by atoms with Gasteiger partial charge < -0.3 is 14.7 Å². The second kappa shape index (κ2) is 3.69. The Morgan fingerprint density at radius 1 is 1.45 bits per heavy atom. The summed E-state index contributed by atoms with van der Waals surface area (Å²) < 4.78 is 0.578. The third-order valence-corrected chi connectivity index (χ3v) is 1.17. The van der Waals surface area contributed by atoms with E-state index in [1.807, 2.05) is 21.1 Å². The van der Waals surface area contributed by atoms with Gasteiger partial charge in [-0.25, -0.2) is 0 Å². The van der Waals surface area contributed by atoms with Crippen molar-refractivity contribution in [3.05, 3.63) is 0 Å². The van der Waals surface area contributed by atoms with Crippen LogP contribution in [0, 0.1) is 0 Å². The highest BCUT2D eigenvalue weighted by molar-refractivity contribution is 5.67. The molecule has 0 aliphatic heterocycles. The molecule has 0 aliphatic carbocycles. The highest BCUT2D eigenvalue weighted by Crippen LogP contribution is 1.98. The van der Waals surface area contributed by atoms with E-state index in [9.17, 15) is 4.79 Å². The van der Waals surface area contributed by atoms with Gasteiger partial charge in [-0.15, -0.1) is 0 Å². The van der Waals surface area contributed by atoms with Crippen molar-refractivity contribution in [1.82, 2.24) is 0 Å². The van der Waals surface area contributed by atoms with Gasteiger partial charge in [0.05, 0.1) is 27.6 Å². The summed E-state index contributed by atoms with van der Waals surface area (Å²) >= 11 is 0. The number of rotatable bonds is 4. The molecule has 0 fully saturated rings. The normalized spacial score (nSPS) is 14.5. The lowest BCUT2D eigenvalue weighted by atomic mass is 10.3. The summed E-state index contributed by atoms with van der Waals surface area (Å²) in [5.74, 6) is -0.953. The van der Waals surface area contributed by atoms with Crippen LogP contribution >= 0.6 is 0 Å². The van der Waals surface area contributed by atoms with Crippen LogP contribution in [0.4, 0.5) is 0 Å². The van der Waals surface area contributed by atoms with Crippen LogP contribution in [0.15, 0.2) is 0 Å². The lowest BCUT2D eigenvalue weighted by Gasteiger charge is -2.25. The Kier molecular flexibility index (Phi) is 3.48. The fraction of sp³-hybridized carbons (Fsp3) is 0.857. The van der Waals surface area contributed by atoms with Crippen molar-refractivity contribution in [1.29, 1.82) is 0 Å². The van der Waals surface area contributed by atoms with Crippen molar-refractivity contribution >= 4 is 5.97 Å². The van der Waals surface area contributed by atoms with Crippen LogP contribution < -0.4 is 0 Å². The van der Waals surface area contributed by atoms with Crippen molar-refractivity contribution in [2.24, 2.45) is 0 Å². The number of nitrogens with zero attached hydrogens (tertiary/aromatic N) is 1. The zero-order chi connectivity index (χ0) is 9.07. The van der Waals surface area contributed by atoms with E-state index in [0.29, 0.717) is 11.0 Å². The monoisotopic (exact) mass is 163 g/mol. The SMILES string of the molecule is C[N+](C)(C)C[C@H](O)C[13C](=O)O. The van der Waals surface area contributed by atoms with E-state index in [1.165, 1.54) is 0 Å². The summed E-state index contributed by atoms with van der Waals surface area (Å²) in [5.41, 5.74) is 0. The quantitative estimate of drug-likeness (QED) is 0.435. The highest BCUT2D eigenvalue weighted by Gasteiger charge is 2.17. The van der Waals surface area contributed by atoms with Crippen LogP contribution in [-0.4, -0.2) is 54.5 Å². The van der Waals surface area contributed by atoms with Gasteiger partial charge in [0.15, 0.2) is 0 Å². The first-order chi connectivity index (χ1) is 4.81. The van der Waals surface area contributed by atoms with E-state index in [-0.39, 0.29) is 6.42 Å². The molecule has 66 valence electrons. The van der Waals surface area contributed by atoms with Crippen LogP contribution in [0.25, 0.3) is 0 Å².